The van der Waals surface area contributed by atoms with Crippen LogP contribution in [-0.4, -0.2) is 42.9 Å². The maximum absolute atomic E-state index is 14.3. The molecule has 0 radical (unpaired) electrons. The smallest absolute Gasteiger partial charge is 0.317 e. The predicted molar refractivity (Wildman–Crippen MR) is 101 cm³/mol. The van der Waals surface area contributed by atoms with Crippen molar-refractivity contribution < 1.29 is 14.0 Å². The second kappa shape index (κ2) is 7.86. The van der Waals surface area contributed by atoms with Gasteiger partial charge in [-0.05, 0) is 49.1 Å². The highest BCUT2D eigenvalue weighted by atomic mass is 32.1. The number of thiophene rings is 1. The number of rotatable bonds is 4. The van der Waals surface area contributed by atoms with Crippen LogP contribution in [-0.2, 0) is 6.54 Å². The summed E-state index contributed by atoms with van der Waals surface area (Å²) in [5.74, 6) is -0.554. The van der Waals surface area contributed by atoms with Gasteiger partial charge in [-0.15, -0.1) is 11.3 Å². The third kappa shape index (κ3) is 4.04. The standard InChI is InChI=1S/C19H22FN3O2S/c1-13-5-10-26-18(13)12-21-19(25)23-8-6-22(7-9-23)17-4-3-15(14(2)24)11-16(17)20/h3-5,10-11H,6-9,12H2,1-2H3,(H,21,25). The van der Waals surface area contributed by atoms with Crippen LogP contribution in [0, 0.1) is 12.7 Å². The van der Waals surface area contributed by atoms with Crippen LogP contribution in [0.4, 0.5) is 14.9 Å². The number of halogens is 1. The molecule has 26 heavy (non-hydrogen) atoms. The molecule has 0 bridgehead atoms. The van der Waals surface area contributed by atoms with Gasteiger partial charge in [0.25, 0.3) is 0 Å². The Morgan fingerprint density at radius 1 is 1.19 bits per heavy atom. The minimum Gasteiger partial charge on any atom is -0.366 e. The van der Waals surface area contributed by atoms with Crippen molar-refractivity contribution >= 4 is 28.8 Å². The van der Waals surface area contributed by atoms with Crippen molar-refractivity contribution in [2.75, 3.05) is 31.1 Å². The molecule has 2 aromatic rings. The number of nitrogens with zero attached hydrogens (tertiary/aromatic N) is 2. The second-order valence-electron chi connectivity index (χ2n) is 6.38. The van der Waals surface area contributed by atoms with Crippen LogP contribution < -0.4 is 10.2 Å². The molecule has 1 saturated heterocycles. The number of Topliss-reactive ketones (excluding diaryl/α,β-unsaturated/α-hetero) is 1. The van der Waals surface area contributed by atoms with E-state index in [1.165, 1.54) is 18.6 Å². The number of benzene rings is 1. The van der Waals surface area contributed by atoms with Crippen molar-refractivity contribution in [3.05, 3.63) is 51.5 Å². The number of ketones is 1. The van der Waals surface area contributed by atoms with Gasteiger partial charge in [-0.25, -0.2) is 9.18 Å². The molecule has 7 heteroatoms. The van der Waals surface area contributed by atoms with Gasteiger partial charge in [-0.1, -0.05) is 0 Å². The van der Waals surface area contributed by atoms with Crippen molar-refractivity contribution in [1.29, 1.82) is 0 Å². The van der Waals surface area contributed by atoms with Crippen LogP contribution in [0.3, 0.4) is 0 Å². The molecule has 5 nitrogen and oxygen atoms in total. The van der Waals surface area contributed by atoms with Crippen LogP contribution >= 0.6 is 11.3 Å². The zero-order chi connectivity index (χ0) is 18.7. The summed E-state index contributed by atoms with van der Waals surface area (Å²) >= 11 is 1.63. The summed E-state index contributed by atoms with van der Waals surface area (Å²) < 4.78 is 14.3. The summed E-state index contributed by atoms with van der Waals surface area (Å²) in [4.78, 5) is 28.5. The van der Waals surface area contributed by atoms with Gasteiger partial charge in [0.2, 0.25) is 0 Å². The van der Waals surface area contributed by atoms with Gasteiger partial charge in [0.15, 0.2) is 5.78 Å². The van der Waals surface area contributed by atoms with E-state index in [1.807, 2.05) is 23.3 Å². The lowest BCUT2D eigenvalue weighted by Gasteiger charge is -2.36. The Bertz CT molecular complexity index is 813. The molecular formula is C19H22FN3O2S. The highest BCUT2D eigenvalue weighted by Gasteiger charge is 2.23. The minimum atomic E-state index is -0.399. The minimum absolute atomic E-state index is 0.0927. The molecule has 1 aliphatic heterocycles. The fourth-order valence-electron chi connectivity index (χ4n) is 2.99. The number of amides is 2. The number of anilines is 1. The van der Waals surface area contributed by atoms with E-state index in [1.54, 1.807) is 28.4 Å². The van der Waals surface area contributed by atoms with Crippen LogP contribution in [0.5, 0.6) is 0 Å². The van der Waals surface area contributed by atoms with E-state index >= 15 is 0 Å². The Kier molecular flexibility index (Phi) is 5.56. The van der Waals surface area contributed by atoms with Gasteiger partial charge in [0, 0.05) is 36.6 Å². The van der Waals surface area contributed by atoms with Gasteiger partial charge >= 0.3 is 6.03 Å². The fourth-order valence-corrected chi connectivity index (χ4v) is 3.83. The molecule has 1 aromatic carbocycles. The zero-order valence-corrected chi connectivity index (χ0v) is 15.7. The molecule has 0 aliphatic carbocycles. The van der Waals surface area contributed by atoms with Gasteiger partial charge in [-0.2, -0.15) is 0 Å². The van der Waals surface area contributed by atoms with E-state index in [9.17, 15) is 14.0 Å². The first kappa shape index (κ1) is 18.4. The number of carbonyl (C=O) groups excluding carboxylic acids is 2. The van der Waals surface area contributed by atoms with Gasteiger partial charge in [-0.3, -0.25) is 4.79 Å². The van der Waals surface area contributed by atoms with E-state index in [0.29, 0.717) is 44.0 Å². The molecule has 1 N–H and O–H groups in total. The van der Waals surface area contributed by atoms with Crippen LogP contribution in [0.2, 0.25) is 0 Å². The first-order chi connectivity index (χ1) is 12.5. The average molecular weight is 375 g/mol. The normalized spacial score (nSPS) is 14.4. The predicted octanol–water partition coefficient (Wildman–Crippen LogP) is 3.43. The Balaban J connectivity index is 1.54. The number of hydrogen-bond acceptors (Lipinski definition) is 4. The van der Waals surface area contributed by atoms with Gasteiger partial charge < -0.3 is 15.1 Å². The molecule has 0 spiro atoms. The van der Waals surface area contributed by atoms with E-state index in [2.05, 4.69) is 5.32 Å². The zero-order valence-electron chi connectivity index (χ0n) is 14.9. The summed E-state index contributed by atoms with van der Waals surface area (Å²) in [6, 6.07) is 6.51. The molecule has 138 valence electrons. The monoisotopic (exact) mass is 375 g/mol. The molecule has 2 heterocycles. The third-order valence-corrected chi connectivity index (χ3v) is 5.65. The molecular weight excluding hydrogens is 353 g/mol. The molecule has 1 fully saturated rings. The molecule has 3 rings (SSSR count). The van der Waals surface area contributed by atoms with Crippen molar-refractivity contribution in [2.45, 2.75) is 20.4 Å². The second-order valence-corrected chi connectivity index (χ2v) is 7.38. The molecule has 1 aliphatic rings. The molecule has 2 amide bonds. The Hall–Kier alpha value is -2.41. The van der Waals surface area contributed by atoms with E-state index in [4.69, 9.17) is 0 Å². The van der Waals surface area contributed by atoms with Crippen LogP contribution in [0.15, 0.2) is 29.6 Å². The quantitative estimate of drug-likeness (QED) is 0.833. The fraction of sp³-hybridized carbons (Fsp3) is 0.368. The average Bonchev–Trinajstić information content (AvgIpc) is 3.04. The topological polar surface area (TPSA) is 52.7 Å². The van der Waals surface area contributed by atoms with Crippen molar-refractivity contribution in [3.8, 4) is 0 Å². The Morgan fingerprint density at radius 2 is 1.92 bits per heavy atom. The van der Waals surface area contributed by atoms with Crippen molar-refractivity contribution in [2.24, 2.45) is 0 Å². The van der Waals surface area contributed by atoms with E-state index < -0.39 is 5.82 Å². The van der Waals surface area contributed by atoms with Crippen molar-refractivity contribution in [1.82, 2.24) is 10.2 Å². The number of nitrogens with one attached hydrogen (secondary N) is 1. The number of aryl methyl sites for hydroxylation is 1. The SMILES string of the molecule is CC(=O)c1ccc(N2CCN(C(=O)NCc3sccc3C)CC2)c(F)c1. The Labute approximate surface area is 156 Å². The van der Waals surface area contributed by atoms with Crippen LogP contribution in [0.25, 0.3) is 0 Å². The number of carbonyl (C=O) groups is 2. The summed E-state index contributed by atoms with van der Waals surface area (Å²) in [5, 5.41) is 4.96. The van der Waals surface area contributed by atoms with Crippen LogP contribution in [0.1, 0.15) is 27.7 Å². The number of piperazine rings is 1. The number of hydrogen-bond donors (Lipinski definition) is 1. The van der Waals surface area contributed by atoms with Gasteiger partial charge in [0.05, 0.1) is 12.2 Å². The Morgan fingerprint density at radius 3 is 2.50 bits per heavy atom. The molecule has 0 saturated carbocycles. The largest absolute Gasteiger partial charge is 0.366 e. The van der Waals surface area contributed by atoms with Gasteiger partial charge in [0.1, 0.15) is 5.82 Å². The third-order valence-electron chi connectivity index (χ3n) is 4.63. The lowest BCUT2D eigenvalue weighted by atomic mass is 10.1. The summed E-state index contributed by atoms with van der Waals surface area (Å²) in [5.41, 5.74) is 2.03. The highest BCUT2D eigenvalue weighted by molar-refractivity contribution is 7.10. The number of urea groups is 1. The van der Waals surface area contributed by atoms with E-state index in [-0.39, 0.29) is 11.8 Å². The first-order valence-corrected chi connectivity index (χ1v) is 9.45. The highest BCUT2D eigenvalue weighted by Crippen LogP contribution is 2.22. The van der Waals surface area contributed by atoms with E-state index in [0.717, 1.165) is 4.88 Å². The summed E-state index contributed by atoms with van der Waals surface area (Å²) in [6.07, 6.45) is 0. The summed E-state index contributed by atoms with van der Waals surface area (Å²) in [6.45, 7) is 6.16. The maximum Gasteiger partial charge on any atom is 0.317 e. The first-order valence-electron chi connectivity index (χ1n) is 8.57. The van der Waals surface area contributed by atoms with Crippen molar-refractivity contribution in [3.63, 3.8) is 0 Å². The molecule has 1 aromatic heterocycles. The lowest BCUT2D eigenvalue weighted by molar-refractivity contribution is 0.101. The maximum atomic E-state index is 14.3. The summed E-state index contributed by atoms with van der Waals surface area (Å²) in [7, 11) is 0. The molecule has 0 atom stereocenters. The molecule has 0 unspecified atom stereocenters. The lowest BCUT2D eigenvalue weighted by Crippen LogP contribution is -2.51.